The van der Waals surface area contributed by atoms with E-state index in [0.717, 1.165) is 25.9 Å². The molecule has 1 heteroatoms. The van der Waals surface area contributed by atoms with Crippen molar-refractivity contribution in [2.45, 2.75) is 25.9 Å². The van der Waals surface area contributed by atoms with Crippen LogP contribution in [0.15, 0.2) is 30.3 Å². The highest BCUT2D eigenvalue weighted by molar-refractivity contribution is 5.13. The summed E-state index contributed by atoms with van der Waals surface area (Å²) in [6.45, 7) is 1.51. The Labute approximate surface area is 86.1 Å². The summed E-state index contributed by atoms with van der Waals surface area (Å²) in [5, 5.41) is 0. The first-order valence-corrected chi connectivity index (χ1v) is 4.98. The molecule has 74 valence electrons. The number of ether oxygens (including phenoxy) is 1. The van der Waals surface area contributed by atoms with E-state index in [4.69, 9.17) is 11.2 Å². The largest absolute Gasteiger partial charge is 0.377 e. The van der Waals surface area contributed by atoms with Crippen molar-refractivity contribution < 1.29 is 4.74 Å². The Bertz CT molecular complexity index is 271. The highest BCUT2D eigenvalue weighted by atomic mass is 16.5. The van der Waals surface area contributed by atoms with Crippen LogP contribution in [0.5, 0.6) is 0 Å². The van der Waals surface area contributed by atoms with Crippen LogP contribution in [0, 0.1) is 12.3 Å². The molecule has 1 aromatic carbocycles. The molecule has 0 fully saturated rings. The summed E-state index contributed by atoms with van der Waals surface area (Å²) >= 11 is 0. The number of unbranched alkanes of at least 4 members (excludes halogenated alkanes) is 2. The smallest absolute Gasteiger partial charge is 0.0716 e. The fourth-order valence-corrected chi connectivity index (χ4v) is 1.20. The van der Waals surface area contributed by atoms with Gasteiger partial charge in [-0.25, -0.2) is 0 Å². The zero-order chi connectivity index (χ0) is 10.1. The highest BCUT2D eigenvalue weighted by Crippen LogP contribution is 2.02. The summed E-state index contributed by atoms with van der Waals surface area (Å²) < 4.78 is 5.50. The van der Waals surface area contributed by atoms with Gasteiger partial charge in [-0.2, -0.15) is 0 Å². The maximum absolute atomic E-state index is 5.50. The number of benzene rings is 1. The molecular weight excluding hydrogens is 172 g/mol. The number of hydrogen-bond acceptors (Lipinski definition) is 1. The lowest BCUT2D eigenvalue weighted by Crippen LogP contribution is -1.94. The van der Waals surface area contributed by atoms with Gasteiger partial charge in [-0.05, 0) is 18.4 Å². The van der Waals surface area contributed by atoms with Crippen LogP contribution in [-0.2, 0) is 11.3 Å². The first-order valence-electron chi connectivity index (χ1n) is 4.98. The molecule has 1 rings (SSSR count). The maximum atomic E-state index is 5.50. The van der Waals surface area contributed by atoms with Crippen LogP contribution in [0.25, 0.3) is 0 Å². The summed E-state index contributed by atoms with van der Waals surface area (Å²) in [6, 6.07) is 10.2. The van der Waals surface area contributed by atoms with E-state index in [9.17, 15) is 0 Å². The van der Waals surface area contributed by atoms with Crippen LogP contribution < -0.4 is 0 Å². The maximum Gasteiger partial charge on any atom is 0.0716 e. The predicted molar refractivity (Wildman–Crippen MR) is 58.8 cm³/mol. The van der Waals surface area contributed by atoms with Crippen LogP contribution >= 0.6 is 0 Å². The number of rotatable bonds is 6. The molecule has 0 N–H and O–H groups in total. The van der Waals surface area contributed by atoms with E-state index in [2.05, 4.69) is 18.1 Å². The first kappa shape index (κ1) is 10.8. The van der Waals surface area contributed by atoms with Gasteiger partial charge in [0.1, 0.15) is 0 Å². The Hall–Kier alpha value is -1.26. The summed E-state index contributed by atoms with van der Waals surface area (Å²) in [4.78, 5) is 0. The van der Waals surface area contributed by atoms with Crippen molar-refractivity contribution in [3.05, 3.63) is 35.9 Å². The SMILES string of the molecule is C#CCCCCOCc1ccccc1. The highest BCUT2D eigenvalue weighted by Gasteiger charge is 1.91. The van der Waals surface area contributed by atoms with E-state index in [1.54, 1.807) is 0 Å². The van der Waals surface area contributed by atoms with Gasteiger partial charge in [0.15, 0.2) is 0 Å². The third-order valence-electron chi connectivity index (χ3n) is 1.97. The van der Waals surface area contributed by atoms with Gasteiger partial charge < -0.3 is 4.74 Å². The molecule has 0 amide bonds. The van der Waals surface area contributed by atoms with Crippen molar-refractivity contribution in [1.29, 1.82) is 0 Å². The summed E-state index contributed by atoms with van der Waals surface area (Å²) in [5.41, 5.74) is 1.23. The average Bonchev–Trinajstić information content (AvgIpc) is 2.25. The zero-order valence-corrected chi connectivity index (χ0v) is 8.41. The van der Waals surface area contributed by atoms with Crippen molar-refractivity contribution in [1.82, 2.24) is 0 Å². The molecule has 0 radical (unpaired) electrons. The summed E-state index contributed by atoms with van der Waals surface area (Å²) in [6.07, 6.45) is 8.11. The van der Waals surface area contributed by atoms with Crippen molar-refractivity contribution in [3.8, 4) is 12.3 Å². The third-order valence-corrected chi connectivity index (χ3v) is 1.97. The first-order chi connectivity index (χ1) is 6.93. The van der Waals surface area contributed by atoms with Crippen LogP contribution in [0.4, 0.5) is 0 Å². The molecule has 0 spiro atoms. The molecule has 0 aromatic heterocycles. The second-order valence-electron chi connectivity index (χ2n) is 3.20. The lowest BCUT2D eigenvalue weighted by molar-refractivity contribution is 0.117. The van der Waals surface area contributed by atoms with Crippen molar-refractivity contribution in [3.63, 3.8) is 0 Å². The Morgan fingerprint density at radius 1 is 1.14 bits per heavy atom. The minimum absolute atomic E-state index is 0.705. The molecule has 0 bridgehead atoms. The minimum atomic E-state index is 0.705. The van der Waals surface area contributed by atoms with Gasteiger partial charge in [0.05, 0.1) is 6.61 Å². The van der Waals surface area contributed by atoms with Crippen molar-refractivity contribution in [2.24, 2.45) is 0 Å². The predicted octanol–water partition coefficient (Wildman–Crippen LogP) is 3.01. The molecule has 0 saturated heterocycles. The minimum Gasteiger partial charge on any atom is -0.377 e. The summed E-state index contributed by atoms with van der Waals surface area (Å²) in [5.74, 6) is 2.62. The van der Waals surface area contributed by atoms with Gasteiger partial charge in [0, 0.05) is 13.0 Å². The van der Waals surface area contributed by atoms with Crippen molar-refractivity contribution in [2.75, 3.05) is 6.61 Å². The van der Waals surface area contributed by atoms with Gasteiger partial charge >= 0.3 is 0 Å². The molecule has 0 aliphatic rings. The van der Waals surface area contributed by atoms with E-state index in [1.807, 2.05) is 18.2 Å². The van der Waals surface area contributed by atoms with Crippen LogP contribution in [0.2, 0.25) is 0 Å². The lowest BCUT2D eigenvalue weighted by atomic mass is 10.2. The lowest BCUT2D eigenvalue weighted by Gasteiger charge is -2.02. The zero-order valence-electron chi connectivity index (χ0n) is 8.41. The average molecular weight is 188 g/mol. The normalized spacial score (nSPS) is 9.64. The number of hydrogen-bond donors (Lipinski definition) is 0. The van der Waals surface area contributed by atoms with Gasteiger partial charge in [-0.3, -0.25) is 0 Å². The standard InChI is InChI=1S/C13H16O/c1-2-3-4-8-11-14-12-13-9-6-5-7-10-13/h1,5-7,9-10H,3-4,8,11-12H2. The van der Waals surface area contributed by atoms with Gasteiger partial charge in [-0.15, -0.1) is 12.3 Å². The van der Waals surface area contributed by atoms with E-state index in [-0.39, 0.29) is 0 Å². The molecular formula is C13H16O. The monoisotopic (exact) mass is 188 g/mol. The summed E-state index contributed by atoms with van der Waals surface area (Å²) in [7, 11) is 0. The molecule has 1 aromatic rings. The van der Waals surface area contributed by atoms with E-state index in [0.29, 0.717) is 6.61 Å². The second kappa shape index (κ2) is 7.17. The Morgan fingerprint density at radius 2 is 1.93 bits per heavy atom. The number of terminal acetylenes is 1. The Kier molecular flexibility index (Phi) is 5.54. The van der Waals surface area contributed by atoms with Gasteiger partial charge in [0.2, 0.25) is 0 Å². The van der Waals surface area contributed by atoms with E-state index in [1.165, 1.54) is 5.56 Å². The van der Waals surface area contributed by atoms with E-state index < -0.39 is 0 Å². The quantitative estimate of drug-likeness (QED) is 0.492. The molecule has 0 heterocycles. The molecule has 0 saturated carbocycles. The molecule has 0 aliphatic carbocycles. The molecule has 0 aliphatic heterocycles. The second-order valence-corrected chi connectivity index (χ2v) is 3.20. The molecule has 1 nitrogen and oxygen atoms in total. The van der Waals surface area contributed by atoms with E-state index >= 15 is 0 Å². The molecule has 14 heavy (non-hydrogen) atoms. The molecule has 0 unspecified atom stereocenters. The van der Waals surface area contributed by atoms with Gasteiger partial charge in [0.25, 0.3) is 0 Å². The van der Waals surface area contributed by atoms with Gasteiger partial charge in [-0.1, -0.05) is 30.3 Å². The fourth-order valence-electron chi connectivity index (χ4n) is 1.20. The van der Waals surface area contributed by atoms with Crippen LogP contribution in [0.1, 0.15) is 24.8 Å². The van der Waals surface area contributed by atoms with Crippen molar-refractivity contribution >= 4 is 0 Å². The Morgan fingerprint density at radius 3 is 2.64 bits per heavy atom. The topological polar surface area (TPSA) is 9.23 Å². The van der Waals surface area contributed by atoms with Crippen LogP contribution in [-0.4, -0.2) is 6.61 Å². The van der Waals surface area contributed by atoms with Crippen LogP contribution in [0.3, 0.4) is 0 Å². The third kappa shape index (κ3) is 4.69. The Balaban J connectivity index is 2.03. The molecule has 0 atom stereocenters. The fraction of sp³-hybridized carbons (Fsp3) is 0.385.